The molecule has 1 atom stereocenters. The van der Waals surface area contributed by atoms with E-state index in [4.69, 9.17) is 5.73 Å². The highest BCUT2D eigenvalue weighted by Gasteiger charge is 2.34. The second-order valence-corrected chi connectivity index (χ2v) is 6.58. The number of aryl methyl sites for hydroxylation is 1. The van der Waals surface area contributed by atoms with E-state index in [1.165, 1.54) is 25.9 Å². The summed E-state index contributed by atoms with van der Waals surface area (Å²) in [5, 5.41) is 3.26. The molecule has 2 N–H and O–H groups in total. The molecule has 4 heteroatoms. The fourth-order valence-corrected chi connectivity index (χ4v) is 3.13. The van der Waals surface area contributed by atoms with Crippen LogP contribution in [0, 0.1) is 6.92 Å². The van der Waals surface area contributed by atoms with Crippen LogP contribution in [0.3, 0.4) is 0 Å². The molecular weight excluding hydrogens is 230 g/mol. The maximum atomic E-state index is 6.40. The van der Waals surface area contributed by atoms with E-state index in [0.29, 0.717) is 0 Å². The Morgan fingerprint density at radius 2 is 2.12 bits per heavy atom. The van der Waals surface area contributed by atoms with Gasteiger partial charge in [0.15, 0.2) is 0 Å². The van der Waals surface area contributed by atoms with Crippen molar-refractivity contribution in [2.24, 2.45) is 5.73 Å². The Morgan fingerprint density at radius 1 is 1.47 bits per heavy atom. The van der Waals surface area contributed by atoms with Crippen LogP contribution in [-0.2, 0) is 6.42 Å². The van der Waals surface area contributed by atoms with Gasteiger partial charge in [0.25, 0.3) is 0 Å². The van der Waals surface area contributed by atoms with E-state index in [2.05, 4.69) is 29.1 Å². The molecule has 0 aliphatic carbocycles. The summed E-state index contributed by atoms with van der Waals surface area (Å²) in [4.78, 5) is 7.04. The van der Waals surface area contributed by atoms with Crippen molar-refractivity contribution in [3.63, 3.8) is 0 Å². The zero-order valence-electron chi connectivity index (χ0n) is 11.1. The van der Waals surface area contributed by atoms with Gasteiger partial charge in [-0.15, -0.1) is 11.3 Å². The summed E-state index contributed by atoms with van der Waals surface area (Å²) < 4.78 is 0. The van der Waals surface area contributed by atoms with E-state index in [1.807, 2.05) is 6.92 Å². The van der Waals surface area contributed by atoms with Gasteiger partial charge < -0.3 is 5.73 Å². The van der Waals surface area contributed by atoms with Gasteiger partial charge >= 0.3 is 0 Å². The molecule has 0 aromatic carbocycles. The molecule has 1 aromatic rings. The maximum absolute atomic E-state index is 6.40. The Balaban J connectivity index is 2.00. The van der Waals surface area contributed by atoms with Crippen LogP contribution in [0.4, 0.5) is 0 Å². The normalized spacial score (nSPS) is 19.8. The topological polar surface area (TPSA) is 42.1 Å². The third-order valence-electron chi connectivity index (χ3n) is 3.92. The zero-order valence-corrected chi connectivity index (χ0v) is 11.9. The predicted molar refractivity (Wildman–Crippen MR) is 73.4 cm³/mol. The summed E-state index contributed by atoms with van der Waals surface area (Å²) in [6.07, 6.45) is 3.51. The van der Waals surface area contributed by atoms with Gasteiger partial charge in [-0.25, -0.2) is 4.98 Å². The lowest BCUT2D eigenvalue weighted by molar-refractivity contribution is 0.123. The van der Waals surface area contributed by atoms with E-state index in [-0.39, 0.29) is 11.6 Å². The van der Waals surface area contributed by atoms with Crippen molar-refractivity contribution in [2.45, 2.75) is 51.6 Å². The molecule has 0 saturated carbocycles. The van der Waals surface area contributed by atoms with E-state index >= 15 is 0 Å². The van der Waals surface area contributed by atoms with Gasteiger partial charge in [-0.1, -0.05) is 0 Å². The molecule has 1 aromatic heterocycles. The number of likely N-dealkylation sites (tertiary alicyclic amines) is 1. The number of rotatable bonds is 4. The highest BCUT2D eigenvalue weighted by Crippen LogP contribution is 2.25. The van der Waals surface area contributed by atoms with Crippen molar-refractivity contribution in [1.82, 2.24) is 9.88 Å². The summed E-state index contributed by atoms with van der Waals surface area (Å²) in [7, 11) is 0. The molecule has 1 saturated heterocycles. The van der Waals surface area contributed by atoms with Crippen molar-refractivity contribution in [3.8, 4) is 0 Å². The Kier molecular flexibility index (Phi) is 3.85. The fraction of sp³-hybridized carbons (Fsp3) is 0.769. The predicted octanol–water partition coefficient (Wildman–Crippen LogP) is 2.20. The second-order valence-electron chi connectivity index (χ2n) is 5.52. The van der Waals surface area contributed by atoms with Crippen LogP contribution in [0.1, 0.15) is 37.4 Å². The minimum atomic E-state index is 0.0774. The van der Waals surface area contributed by atoms with Crippen LogP contribution in [0.5, 0.6) is 0 Å². The molecule has 1 aliphatic heterocycles. The molecule has 1 aliphatic rings. The number of hydrogen-bond acceptors (Lipinski definition) is 4. The van der Waals surface area contributed by atoms with Crippen LogP contribution in [-0.4, -0.2) is 34.6 Å². The van der Waals surface area contributed by atoms with Crippen LogP contribution < -0.4 is 5.73 Å². The third-order valence-corrected chi connectivity index (χ3v) is 4.75. The summed E-state index contributed by atoms with van der Waals surface area (Å²) in [5.74, 6) is 0. The first-order valence-electron chi connectivity index (χ1n) is 6.42. The molecule has 17 heavy (non-hydrogen) atoms. The zero-order chi connectivity index (χ0) is 12.5. The molecule has 3 nitrogen and oxygen atoms in total. The van der Waals surface area contributed by atoms with Crippen LogP contribution in [0.25, 0.3) is 0 Å². The van der Waals surface area contributed by atoms with E-state index in [0.717, 1.165) is 17.1 Å². The first-order valence-corrected chi connectivity index (χ1v) is 7.30. The van der Waals surface area contributed by atoms with Crippen LogP contribution in [0.15, 0.2) is 5.38 Å². The molecule has 1 unspecified atom stereocenters. The monoisotopic (exact) mass is 253 g/mol. The van der Waals surface area contributed by atoms with Crippen molar-refractivity contribution in [2.75, 3.05) is 13.1 Å². The Labute approximate surface area is 108 Å². The molecule has 0 spiro atoms. The Bertz CT molecular complexity index is 366. The van der Waals surface area contributed by atoms with Gasteiger partial charge in [0.1, 0.15) is 0 Å². The van der Waals surface area contributed by atoms with Crippen LogP contribution in [0.2, 0.25) is 0 Å². The van der Waals surface area contributed by atoms with Crippen molar-refractivity contribution in [1.29, 1.82) is 0 Å². The average Bonchev–Trinajstić information content (AvgIpc) is 2.89. The van der Waals surface area contributed by atoms with Crippen molar-refractivity contribution < 1.29 is 0 Å². The number of nitrogens with zero attached hydrogens (tertiary/aromatic N) is 2. The summed E-state index contributed by atoms with van der Waals surface area (Å²) in [5.41, 5.74) is 7.62. The Hall–Kier alpha value is -0.450. The SMILES string of the molecule is Cc1nc(CC(N)C(C)(C)N2CCCC2)cs1. The summed E-state index contributed by atoms with van der Waals surface area (Å²) in [6, 6.07) is 0.155. The van der Waals surface area contributed by atoms with Gasteiger partial charge in [0.05, 0.1) is 10.7 Å². The first kappa shape index (κ1) is 13.0. The molecule has 0 radical (unpaired) electrons. The molecule has 2 heterocycles. The minimum absolute atomic E-state index is 0.0774. The fourth-order valence-electron chi connectivity index (χ4n) is 2.51. The molecule has 0 bridgehead atoms. The Morgan fingerprint density at radius 3 is 2.65 bits per heavy atom. The van der Waals surface area contributed by atoms with Crippen molar-refractivity contribution >= 4 is 11.3 Å². The smallest absolute Gasteiger partial charge is 0.0897 e. The standard InChI is InChI=1S/C13H23N3S/c1-10-15-11(9-17-10)8-12(14)13(2,3)16-6-4-5-7-16/h9,12H,4-8,14H2,1-3H3. The van der Waals surface area contributed by atoms with E-state index in [9.17, 15) is 0 Å². The number of thiazole rings is 1. The molecule has 0 amide bonds. The number of hydrogen-bond donors (Lipinski definition) is 1. The van der Waals surface area contributed by atoms with Gasteiger partial charge in [-0.2, -0.15) is 0 Å². The second kappa shape index (κ2) is 5.04. The van der Waals surface area contributed by atoms with Crippen molar-refractivity contribution in [3.05, 3.63) is 16.1 Å². The molecule has 2 rings (SSSR count). The molecule has 96 valence electrons. The van der Waals surface area contributed by atoms with Gasteiger partial charge in [0, 0.05) is 23.4 Å². The third kappa shape index (κ3) is 2.87. The summed E-state index contributed by atoms with van der Waals surface area (Å²) >= 11 is 1.71. The number of aromatic nitrogens is 1. The minimum Gasteiger partial charge on any atom is -0.326 e. The first-order chi connectivity index (χ1) is 8.00. The van der Waals surface area contributed by atoms with Gasteiger partial charge in [-0.05, 0) is 46.7 Å². The quantitative estimate of drug-likeness (QED) is 0.894. The van der Waals surface area contributed by atoms with Gasteiger partial charge in [0.2, 0.25) is 0 Å². The lowest BCUT2D eigenvalue weighted by Crippen LogP contribution is -2.56. The molecule has 1 fully saturated rings. The molecular formula is C13H23N3S. The maximum Gasteiger partial charge on any atom is 0.0897 e. The van der Waals surface area contributed by atoms with Crippen LogP contribution >= 0.6 is 11.3 Å². The summed E-state index contributed by atoms with van der Waals surface area (Å²) in [6.45, 7) is 8.96. The highest BCUT2D eigenvalue weighted by molar-refractivity contribution is 7.09. The highest BCUT2D eigenvalue weighted by atomic mass is 32.1. The number of nitrogens with two attached hydrogens (primary N) is 1. The van der Waals surface area contributed by atoms with E-state index in [1.54, 1.807) is 11.3 Å². The van der Waals surface area contributed by atoms with E-state index < -0.39 is 0 Å². The lowest BCUT2D eigenvalue weighted by atomic mass is 9.90. The van der Waals surface area contributed by atoms with Gasteiger partial charge in [-0.3, -0.25) is 4.90 Å². The largest absolute Gasteiger partial charge is 0.326 e. The lowest BCUT2D eigenvalue weighted by Gasteiger charge is -2.40. The average molecular weight is 253 g/mol.